The van der Waals surface area contributed by atoms with Crippen LogP contribution in [0.2, 0.25) is 0 Å². The minimum Gasteiger partial charge on any atom is -0.508 e. The highest BCUT2D eigenvalue weighted by molar-refractivity contribution is 5.98. The highest BCUT2D eigenvalue weighted by Crippen LogP contribution is 2.20. The average molecular weight is 280 g/mol. The van der Waals surface area contributed by atoms with E-state index in [-0.39, 0.29) is 5.75 Å². The van der Waals surface area contributed by atoms with Crippen LogP contribution in [0.1, 0.15) is 32.3 Å². The van der Waals surface area contributed by atoms with Crippen LogP contribution in [0.15, 0.2) is 24.3 Å². The van der Waals surface area contributed by atoms with E-state index in [0.29, 0.717) is 5.56 Å². The molecule has 0 saturated heterocycles. The quantitative estimate of drug-likeness (QED) is 0.666. The molecule has 6 nitrogen and oxygen atoms in total. The van der Waals surface area contributed by atoms with Crippen molar-refractivity contribution in [3.05, 3.63) is 29.8 Å². The Kier molecular flexibility index (Phi) is 5.10. The van der Waals surface area contributed by atoms with E-state index in [1.807, 2.05) is 0 Å². The van der Waals surface area contributed by atoms with Gasteiger partial charge in [-0.15, -0.1) is 0 Å². The number of urea groups is 1. The number of aliphatic hydroxyl groups is 1. The molecule has 1 rings (SSSR count). The summed E-state index contributed by atoms with van der Waals surface area (Å²) in [5.74, 6) is -1.54. The van der Waals surface area contributed by atoms with Crippen LogP contribution in [0.25, 0.3) is 0 Å². The third-order valence-corrected chi connectivity index (χ3v) is 2.50. The van der Waals surface area contributed by atoms with Crippen LogP contribution in [-0.4, -0.2) is 34.3 Å². The van der Waals surface area contributed by atoms with Crippen molar-refractivity contribution in [1.82, 2.24) is 10.6 Å². The first-order valence-corrected chi connectivity index (χ1v) is 6.26. The number of nitrogens with one attached hydrogen (secondary N) is 2. The lowest BCUT2D eigenvalue weighted by molar-refractivity contribution is -0.122. The second-order valence-electron chi connectivity index (χ2n) is 5.52. The predicted molar refractivity (Wildman–Crippen MR) is 74.4 cm³/mol. The van der Waals surface area contributed by atoms with Crippen molar-refractivity contribution in [2.45, 2.75) is 32.2 Å². The molecule has 3 amide bonds. The van der Waals surface area contributed by atoms with Gasteiger partial charge in [0.2, 0.25) is 5.91 Å². The molecule has 20 heavy (non-hydrogen) atoms. The fourth-order valence-electron chi connectivity index (χ4n) is 1.65. The van der Waals surface area contributed by atoms with E-state index in [9.17, 15) is 19.8 Å². The summed E-state index contributed by atoms with van der Waals surface area (Å²) < 4.78 is 0. The zero-order valence-corrected chi connectivity index (χ0v) is 11.8. The number of rotatable bonds is 3. The van der Waals surface area contributed by atoms with E-state index in [1.54, 1.807) is 32.9 Å². The Hall–Kier alpha value is -2.08. The van der Waals surface area contributed by atoms with Crippen LogP contribution < -0.4 is 10.6 Å². The number of carbonyl (C=O) groups excluding carboxylic acids is 2. The van der Waals surface area contributed by atoms with E-state index < -0.39 is 30.0 Å². The predicted octanol–water partition coefficient (Wildman–Crippen LogP) is 1.09. The Morgan fingerprint density at radius 1 is 1.30 bits per heavy atom. The van der Waals surface area contributed by atoms with Crippen LogP contribution in [0.4, 0.5) is 4.79 Å². The number of aromatic hydroxyl groups is 1. The Labute approximate surface area is 117 Å². The third kappa shape index (κ3) is 4.89. The minimum absolute atomic E-state index is 0.00658. The summed E-state index contributed by atoms with van der Waals surface area (Å²) in [4.78, 5) is 23.6. The molecular weight excluding hydrogens is 260 g/mol. The molecule has 0 radical (unpaired) electrons. The largest absolute Gasteiger partial charge is 0.508 e. The summed E-state index contributed by atoms with van der Waals surface area (Å²) in [5.41, 5.74) is -0.0297. The van der Waals surface area contributed by atoms with E-state index in [4.69, 9.17) is 0 Å². The van der Waals surface area contributed by atoms with Crippen LogP contribution in [0.5, 0.6) is 5.75 Å². The van der Waals surface area contributed by atoms with Gasteiger partial charge in [-0.05, 0) is 38.5 Å². The Morgan fingerprint density at radius 3 is 2.45 bits per heavy atom. The molecule has 0 spiro atoms. The first kappa shape index (κ1) is 16.0. The van der Waals surface area contributed by atoms with Crippen molar-refractivity contribution in [3.8, 4) is 5.75 Å². The smallest absolute Gasteiger partial charge is 0.321 e. The van der Waals surface area contributed by atoms with Gasteiger partial charge in [-0.2, -0.15) is 0 Å². The molecule has 0 aliphatic rings. The summed E-state index contributed by atoms with van der Waals surface area (Å²) in [6.07, 6.45) is 0. The van der Waals surface area contributed by atoms with Crippen LogP contribution in [0.3, 0.4) is 0 Å². The molecule has 0 aliphatic heterocycles. The maximum atomic E-state index is 12.0. The Morgan fingerprint density at radius 2 is 1.95 bits per heavy atom. The van der Waals surface area contributed by atoms with Crippen molar-refractivity contribution >= 4 is 11.9 Å². The Balaban J connectivity index is 2.76. The van der Waals surface area contributed by atoms with Gasteiger partial charge in [0.15, 0.2) is 0 Å². The van der Waals surface area contributed by atoms with Crippen LogP contribution in [-0.2, 0) is 4.79 Å². The number of aliphatic hydroxyl groups excluding tert-OH is 1. The molecule has 0 fully saturated rings. The molecule has 0 saturated carbocycles. The van der Waals surface area contributed by atoms with Gasteiger partial charge >= 0.3 is 6.03 Å². The minimum atomic E-state index is -0.909. The zero-order chi connectivity index (χ0) is 15.3. The maximum Gasteiger partial charge on any atom is 0.321 e. The third-order valence-electron chi connectivity index (χ3n) is 2.50. The van der Waals surface area contributed by atoms with E-state index >= 15 is 0 Å². The van der Waals surface area contributed by atoms with E-state index in [0.717, 1.165) is 0 Å². The van der Waals surface area contributed by atoms with Gasteiger partial charge in [0.1, 0.15) is 5.75 Å². The maximum absolute atomic E-state index is 12.0. The number of imide groups is 1. The normalized spacial score (nSPS) is 12.6. The highest BCUT2D eigenvalue weighted by Gasteiger charge is 2.23. The summed E-state index contributed by atoms with van der Waals surface area (Å²) in [6, 6.07) is 5.38. The number of amides is 3. The molecule has 1 unspecified atom stereocenters. The average Bonchev–Trinajstić information content (AvgIpc) is 2.26. The summed E-state index contributed by atoms with van der Waals surface area (Å²) in [5, 5.41) is 23.5. The first-order valence-electron chi connectivity index (χ1n) is 6.26. The van der Waals surface area contributed by atoms with Gasteiger partial charge in [0.05, 0.1) is 12.5 Å². The fraction of sp³-hybridized carbons (Fsp3) is 0.429. The Bertz CT molecular complexity index is 494. The second-order valence-corrected chi connectivity index (χ2v) is 5.52. The summed E-state index contributed by atoms with van der Waals surface area (Å²) in [7, 11) is 0. The van der Waals surface area contributed by atoms with Crippen molar-refractivity contribution in [1.29, 1.82) is 0 Å². The van der Waals surface area contributed by atoms with E-state index in [2.05, 4.69) is 10.6 Å². The van der Waals surface area contributed by atoms with Crippen molar-refractivity contribution in [2.24, 2.45) is 0 Å². The van der Waals surface area contributed by atoms with Crippen LogP contribution >= 0.6 is 0 Å². The molecule has 0 bridgehead atoms. The van der Waals surface area contributed by atoms with Crippen molar-refractivity contribution < 1.29 is 19.8 Å². The number of carbonyl (C=O) groups is 2. The lowest BCUT2D eigenvalue weighted by Gasteiger charge is -2.21. The topological polar surface area (TPSA) is 98.7 Å². The molecule has 1 aromatic carbocycles. The molecule has 6 heteroatoms. The molecule has 0 heterocycles. The monoisotopic (exact) mass is 280 g/mol. The number of benzene rings is 1. The summed E-state index contributed by atoms with van der Waals surface area (Å²) >= 11 is 0. The van der Waals surface area contributed by atoms with Gasteiger partial charge in [-0.1, -0.05) is 12.1 Å². The van der Waals surface area contributed by atoms with Gasteiger partial charge in [-0.3, -0.25) is 10.1 Å². The van der Waals surface area contributed by atoms with Gasteiger partial charge in [-0.25, -0.2) is 4.79 Å². The molecular formula is C14H20N2O4. The SMILES string of the molecule is CC(C)(C)NC(=O)NC(=O)C(CO)c1cccc(O)c1. The number of hydrogen-bond donors (Lipinski definition) is 4. The second kappa shape index (κ2) is 6.38. The molecule has 1 aromatic rings. The lowest BCUT2D eigenvalue weighted by Crippen LogP contribution is -2.49. The number of phenols is 1. The molecule has 0 aliphatic carbocycles. The van der Waals surface area contributed by atoms with Gasteiger partial charge in [0.25, 0.3) is 0 Å². The van der Waals surface area contributed by atoms with Crippen LogP contribution in [0, 0.1) is 0 Å². The van der Waals surface area contributed by atoms with Crippen molar-refractivity contribution in [2.75, 3.05) is 6.61 Å². The first-order chi connectivity index (χ1) is 9.23. The molecule has 110 valence electrons. The fourth-order valence-corrected chi connectivity index (χ4v) is 1.65. The summed E-state index contributed by atoms with van der Waals surface area (Å²) in [6.45, 7) is 4.90. The molecule has 4 N–H and O–H groups in total. The van der Waals surface area contributed by atoms with Gasteiger partial charge < -0.3 is 15.5 Å². The van der Waals surface area contributed by atoms with Gasteiger partial charge in [0, 0.05) is 5.54 Å². The molecule has 0 aromatic heterocycles. The lowest BCUT2D eigenvalue weighted by atomic mass is 9.99. The van der Waals surface area contributed by atoms with Crippen molar-refractivity contribution in [3.63, 3.8) is 0 Å². The standard InChI is InChI=1S/C14H20N2O4/c1-14(2,3)16-13(20)15-12(19)11(8-17)9-5-4-6-10(18)7-9/h4-7,11,17-18H,8H2,1-3H3,(H2,15,16,19,20). The number of hydrogen-bond acceptors (Lipinski definition) is 4. The van der Waals surface area contributed by atoms with E-state index in [1.165, 1.54) is 12.1 Å². The number of phenolic OH excluding ortho intramolecular Hbond substituents is 1. The zero-order valence-electron chi connectivity index (χ0n) is 11.8. The molecule has 1 atom stereocenters. The highest BCUT2D eigenvalue weighted by atomic mass is 16.3.